The second-order valence-corrected chi connectivity index (χ2v) is 7.08. The van der Waals surface area contributed by atoms with Crippen molar-refractivity contribution in [1.82, 2.24) is 10.2 Å². The van der Waals surface area contributed by atoms with Crippen LogP contribution in [-0.4, -0.2) is 31.4 Å². The minimum Gasteiger partial charge on any atom is -0.451 e. The van der Waals surface area contributed by atoms with E-state index >= 15 is 0 Å². The van der Waals surface area contributed by atoms with Crippen LogP contribution in [0.2, 0.25) is 5.02 Å². The predicted octanol–water partition coefficient (Wildman–Crippen LogP) is 4.69. The van der Waals surface area contributed by atoms with Crippen LogP contribution in [0.1, 0.15) is 22.2 Å². The summed E-state index contributed by atoms with van der Waals surface area (Å²) in [6, 6.07) is 13.0. The number of rotatable bonds is 6. The van der Waals surface area contributed by atoms with Gasteiger partial charge in [0.15, 0.2) is 5.76 Å². The third kappa shape index (κ3) is 4.12. The first-order chi connectivity index (χ1) is 12.1. The number of amides is 1. The van der Waals surface area contributed by atoms with Crippen LogP contribution in [0.15, 0.2) is 57.6 Å². The van der Waals surface area contributed by atoms with Crippen LogP contribution in [0.3, 0.4) is 0 Å². The summed E-state index contributed by atoms with van der Waals surface area (Å²) in [5, 5.41) is 7.67. The fourth-order valence-corrected chi connectivity index (χ4v) is 3.54. The van der Waals surface area contributed by atoms with E-state index in [-0.39, 0.29) is 17.7 Å². The third-order valence-corrected chi connectivity index (χ3v) is 5.01. The number of halogens is 1. The molecule has 25 heavy (non-hydrogen) atoms. The molecule has 4 nitrogen and oxygen atoms in total. The lowest BCUT2D eigenvalue weighted by molar-refractivity contribution is 0.0915. The smallest absolute Gasteiger partial charge is 0.287 e. The highest BCUT2D eigenvalue weighted by Crippen LogP contribution is 2.29. The molecule has 0 aliphatic rings. The van der Waals surface area contributed by atoms with Crippen molar-refractivity contribution >= 4 is 28.8 Å². The van der Waals surface area contributed by atoms with Crippen molar-refractivity contribution in [3.8, 4) is 11.3 Å². The molecule has 1 amide bonds. The Morgan fingerprint density at radius 3 is 2.72 bits per heavy atom. The van der Waals surface area contributed by atoms with Gasteiger partial charge in [0.2, 0.25) is 0 Å². The van der Waals surface area contributed by atoms with Crippen molar-refractivity contribution in [3.63, 3.8) is 0 Å². The number of carbonyl (C=O) groups is 1. The van der Waals surface area contributed by atoms with Crippen LogP contribution in [0.5, 0.6) is 0 Å². The zero-order chi connectivity index (χ0) is 17.8. The summed E-state index contributed by atoms with van der Waals surface area (Å²) in [6.45, 7) is 0.505. The molecule has 1 aromatic carbocycles. The van der Waals surface area contributed by atoms with Gasteiger partial charge in [-0.05, 0) is 60.8 Å². The number of hydrogen-bond donors (Lipinski definition) is 1. The average Bonchev–Trinajstić information content (AvgIpc) is 3.27. The molecule has 3 rings (SSSR count). The number of carbonyl (C=O) groups excluding carboxylic acids is 1. The lowest BCUT2D eigenvalue weighted by Gasteiger charge is -2.23. The van der Waals surface area contributed by atoms with E-state index in [1.54, 1.807) is 29.5 Å². The standard InChI is InChI=1S/C19H19ClN2O2S/c1-22(2)16(13-9-10-25-12-13)11-21-19(23)18-8-7-17(24-18)14-5-3-4-6-15(14)20/h3-10,12,16H,11H2,1-2H3,(H,21,23). The molecular formula is C19H19ClN2O2S. The third-order valence-electron chi connectivity index (χ3n) is 3.98. The van der Waals surface area contributed by atoms with Gasteiger partial charge in [-0.3, -0.25) is 4.79 Å². The zero-order valence-corrected chi connectivity index (χ0v) is 15.6. The fraction of sp³-hybridized carbons (Fsp3) is 0.211. The second kappa shape index (κ2) is 7.87. The van der Waals surface area contributed by atoms with Crippen molar-refractivity contribution in [3.05, 3.63) is 69.6 Å². The van der Waals surface area contributed by atoms with Gasteiger partial charge in [0.25, 0.3) is 5.91 Å². The molecule has 6 heteroatoms. The Morgan fingerprint density at radius 1 is 1.24 bits per heavy atom. The normalized spacial score (nSPS) is 12.3. The Morgan fingerprint density at radius 2 is 2.04 bits per heavy atom. The SMILES string of the molecule is CN(C)C(CNC(=O)c1ccc(-c2ccccc2Cl)o1)c1ccsc1. The van der Waals surface area contributed by atoms with E-state index in [0.29, 0.717) is 17.3 Å². The molecule has 2 aromatic heterocycles. The van der Waals surface area contributed by atoms with Gasteiger partial charge in [-0.2, -0.15) is 11.3 Å². The number of hydrogen-bond acceptors (Lipinski definition) is 4. The Kier molecular flexibility index (Phi) is 5.58. The molecule has 1 N–H and O–H groups in total. The first-order valence-corrected chi connectivity index (χ1v) is 9.20. The summed E-state index contributed by atoms with van der Waals surface area (Å²) in [6.07, 6.45) is 0. The molecule has 0 fully saturated rings. The van der Waals surface area contributed by atoms with Gasteiger partial charge in [0.05, 0.1) is 11.1 Å². The van der Waals surface area contributed by atoms with Crippen molar-refractivity contribution < 1.29 is 9.21 Å². The van der Waals surface area contributed by atoms with Crippen LogP contribution in [0.25, 0.3) is 11.3 Å². The number of benzene rings is 1. The van der Waals surface area contributed by atoms with Crippen LogP contribution in [0.4, 0.5) is 0 Å². The van der Waals surface area contributed by atoms with E-state index in [0.717, 1.165) is 5.56 Å². The first kappa shape index (κ1) is 17.7. The Labute approximate surface area is 156 Å². The monoisotopic (exact) mass is 374 g/mol. The van der Waals surface area contributed by atoms with Crippen LogP contribution >= 0.6 is 22.9 Å². The summed E-state index contributed by atoms with van der Waals surface area (Å²) in [5.74, 6) is 0.621. The Balaban J connectivity index is 1.69. The highest BCUT2D eigenvalue weighted by molar-refractivity contribution is 7.07. The lowest BCUT2D eigenvalue weighted by atomic mass is 10.1. The molecule has 0 bridgehead atoms. The number of nitrogens with one attached hydrogen (secondary N) is 1. The fourth-order valence-electron chi connectivity index (χ4n) is 2.61. The second-order valence-electron chi connectivity index (χ2n) is 5.89. The summed E-state index contributed by atoms with van der Waals surface area (Å²) in [4.78, 5) is 14.5. The maximum absolute atomic E-state index is 12.4. The number of likely N-dealkylation sites (N-methyl/N-ethyl adjacent to an activating group) is 1. The van der Waals surface area contributed by atoms with Crippen molar-refractivity contribution in [1.29, 1.82) is 0 Å². The van der Waals surface area contributed by atoms with Gasteiger partial charge >= 0.3 is 0 Å². The maximum atomic E-state index is 12.4. The maximum Gasteiger partial charge on any atom is 0.287 e. The zero-order valence-electron chi connectivity index (χ0n) is 14.0. The highest BCUT2D eigenvalue weighted by Gasteiger charge is 2.18. The van der Waals surface area contributed by atoms with Crippen LogP contribution in [-0.2, 0) is 0 Å². The number of furan rings is 1. The first-order valence-electron chi connectivity index (χ1n) is 7.87. The summed E-state index contributed by atoms with van der Waals surface area (Å²) >= 11 is 7.82. The highest BCUT2D eigenvalue weighted by atomic mass is 35.5. The Bertz CT molecular complexity index is 843. The minimum atomic E-state index is -0.236. The van der Waals surface area contributed by atoms with Gasteiger partial charge < -0.3 is 14.6 Å². The van der Waals surface area contributed by atoms with E-state index < -0.39 is 0 Å². The molecule has 0 spiro atoms. The number of nitrogens with zero attached hydrogens (tertiary/aromatic N) is 1. The summed E-state index contributed by atoms with van der Waals surface area (Å²) in [7, 11) is 3.99. The molecule has 1 unspecified atom stereocenters. The summed E-state index contributed by atoms with van der Waals surface area (Å²) in [5.41, 5.74) is 1.96. The minimum absolute atomic E-state index is 0.119. The molecule has 3 aromatic rings. The number of thiophene rings is 1. The lowest BCUT2D eigenvalue weighted by Crippen LogP contribution is -2.34. The molecule has 0 aliphatic carbocycles. The van der Waals surface area contributed by atoms with Crippen LogP contribution < -0.4 is 5.32 Å². The molecule has 0 saturated carbocycles. The molecule has 0 saturated heterocycles. The largest absolute Gasteiger partial charge is 0.451 e. The van der Waals surface area contributed by atoms with E-state index in [4.69, 9.17) is 16.0 Å². The van der Waals surface area contributed by atoms with Crippen molar-refractivity contribution in [2.24, 2.45) is 0 Å². The Hall–Kier alpha value is -2.08. The van der Waals surface area contributed by atoms with Gasteiger partial charge in [-0.1, -0.05) is 23.7 Å². The molecule has 0 aliphatic heterocycles. The quantitative estimate of drug-likeness (QED) is 0.680. The molecular weight excluding hydrogens is 356 g/mol. The summed E-state index contributed by atoms with van der Waals surface area (Å²) < 4.78 is 5.69. The van der Waals surface area contributed by atoms with Crippen molar-refractivity contribution in [2.45, 2.75) is 6.04 Å². The van der Waals surface area contributed by atoms with Gasteiger partial charge in [0, 0.05) is 12.1 Å². The van der Waals surface area contributed by atoms with E-state index in [9.17, 15) is 4.79 Å². The molecule has 2 heterocycles. The van der Waals surface area contributed by atoms with Gasteiger partial charge in [-0.15, -0.1) is 0 Å². The van der Waals surface area contributed by atoms with Gasteiger partial charge in [0.1, 0.15) is 5.76 Å². The average molecular weight is 375 g/mol. The van der Waals surface area contributed by atoms with E-state index in [1.807, 2.05) is 37.7 Å². The van der Waals surface area contributed by atoms with Crippen LogP contribution in [0, 0.1) is 0 Å². The molecule has 1 atom stereocenters. The predicted molar refractivity (Wildman–Crippen MR) is 102 cm³/mol. The van der Waals surface area contributed by atoms with E-state index in [1.165, 1.54) is 5.56 Å². The van der Waals surface area contributed by atoms with Gasteiger partial charge in [-0.25, -0.2) is 0 Å². The topological polar surface area (TPSA) is 45.5 Å². The molecule has 0 radical (unpaired) electrons. The van der Waals surface area contributed by atoms with Crippen molar-refractivity contribution in [2.75, 3.05) is 20.6 Å². The van der Waals surface area contributed by atoms with E-state index in [2.05, 4.69) is 21.7 Å². The molecule has 130 valence electrons.